The molecular weight excluding hydrogens is 614 g/mol. The summed E-state index contributed by atoms with van der Waals surface area (Å²) < 4.78 is 33.1. The molecule has 0 atom stereocenters. The number of nitrogens with zero attached hydrogens (tertiary/aromatic N) is 3. The van der Waals surface area contributed by atoms with E-state index in [4.69, 9.17) is 26.4 Å². The maximum absolute atomic E-state index is 15.1. The number of carbonyl (C=O) groups excluding carboxylic acids is 1. The Labute approximate surface area is 269 Å². The van der Waals surface area contributed by atoms with E-state index in [1.807, 2.05) is 48.5 Å². The lowest BCUT2D eigenvalue weighted by molar-refractivity contribution is -0.119. The number of carbonyl (C=O) groups is 1. The van der Waals surface area contributed by atoms with Gasteiger partial charge in [0.15, 0.2) is 16.7 Å². The SMILES string of the molecule is O=C(Cc1ccccc1)NC(=S)Nc1ccc(Oc2ccnc3cc(-c4ccc(OCCN5CCOCC5)nc4)sc23)c(F)c1. The Balaban J connectivity index is 1.07. The zero-order chi connectivity index (χ0) is 31.0. The number of pyridine rings is 2. The number of amides is 1. The Bertz CT molecular complexity index is 1780. The maximum Gasteiger partial charge on any atom is 0.230 e. The first-order valence-electron chi connectivity index (χ1n) is 14.4. The van der Waals surface area contributed by atoms with E-state index in [9.17, 15) is 4.79 Å². The van der Waals surface area contributed by atoms with E-state index in [1.165, 1.54) is 23.5 Å². The average molecular weight is 644 g/mol. The van der Waals surface area contributed by atoms with Crippen LogP contribution < -0.4 is 20.1 Å². The Morgan fingerprint density at radius 2 is 1.87 bits per heavy atom. The van der Waals surface area contributed by atoms with Crippen molar-refractivity contribution in [2.75, 3.05) is 44.8 Å². The minimum Gasteiger partial charge on any atom is -0.476 e. The second-order valence-electron chi connectivity index (χ2n) is 10.2. The quantitative estimate of drug-likeness (QED) is 0.176. The minimum atomic E-state index is -0.589. The fourth-order valence-electron chi connectivity index (χ4n) is 4.75. The smallest absolute Gasteiger partial charge is 0.230 e. The second kappa shape index (κ2) is 14.5. The highest BCUT2D eigenvalue weighted by Crippen LogP contribution is 2.39. The Kier molecular flexibility index (Phi) is 9.86. The number of thiophene rings is 1. The third-order valence-electron chi connectivity index (χ3n) is 7.03. The molecule has 3 aromatic heterocycles. The molecular formula is C33H30FN5O4S2. The summed E-state index contributed by atoms with van der Waals surface area (Å²) in [4.78, 5) is 24.5. The van der Waals surface area contributed by atoms with Crippen molar-refractivity contribution in [2.45, 2.75) is 6.42 Å². The van der Waals surface area contributed by atoms with Crippen molar-refractivity contribution in [2.24, 2.45) is 0 Å². The fourth-order valence-corrected chi connectivity index (χ4v) is 6.03. The molecule has 5 aromatic rings. The first-order chi connectivity index (χ1) is 22.0. The van der Waals surface area contributed by atoms with Crippen LogP contribution in [0.2, 0.25) is 0 Å². The summed E-state index contributed by atoms with van der Waals surface area (Å²) in [5.41, 5.74) is 2.89. The number of hydrogen-bond donors (Lipinski definition) is 2. The highest BCUT2D eigenvalue weighted by molar-refractivity contribution is 7.80. The van der Waals surface area contributed by atoms with Gasteiger partial charge in [0.2, 0.25) is 11.8 Å². The molecule has 0 aliphatic carbocycles. The van der Waals surface area contributed by atoms with Crippen molar-refractivity contribution in [3.05, 3.63) is 96.6 Å². The fraction of sp³-hybridized carbons (Fsp3) is 0.212. The molecule has 0 saturated carbocycles. The van der Waals surface area contributed by atoms with E-state index in [2.05, 4.69) is 25.5 Å². The summed E-state index contributed by atoms with van der Waals surface area (Å²) in [6.07, 6.45) is 3.58. The maximum atomic E-state index is 15.1. The number of ether oxygens (including phenoxy) is 3. The molecule has 45 heavy (non-hydrogen) atoms. The van der Waals surface area contributed by atoms with Gasteiger partial charge in [0, 0.05) is 66.4 Å². The first-order valence-corrected chi connectivity index (χ1v) is 15.6. The van der Waals surface area contributed by atoms with Crippen LogP contribution in [0.25, 0.3) is 20.7 Å². The molecule has 0 unspecified atom stereocenters. The topological polar surface area (TPSA) is 97.8 Å². The van der Waals surface area contributed by atoms with Gasteiger partial charge >= 0.3 is 0 Å². The largest absolute Gasteiger partial charge is 0.476 e. The molecule has 2 N–H and O–H groups in total. The molecule has 1 aliphatic heterocycles. The Morgan fingerprint density at radius 3 is 2.64 bits per heavy atom. The first kappa shape index (κ1) is 30.5. The lowest BCUT2D eigenvalue weighted by Crippen LogP contribution is -2.38. The van der Waals surface area contributed by atoms with Crippen molar-refractivity contribution >= 4 is 50.5 Å². The lowest BCUT2D eigenvalue weighted by atomic mass is 10.1. The number of rotatable bonds is 10. The van der Waals surface area contributed by atoms with Crippen LogP contribution in [0.3, 0.4) is 0 Å². The van der Waals surface area contributed by atoms with Crippen molar-refractivity contribution in [1.29, 1.82) is 0 Å². The van der Waals surface area contributed by atoms with Gasteiger partial charge in [-0.15, -0.1) is 11.3 Å². The van der Waals surface area contributed by atoms with Gasteiger partial charge in [-0.05, 0) is 42.0 Å². The van der Waals surface area contributed by atoms with Crippen molar-refractivity contribution in [3.8, 4) is 27.8 Å². The van der Waals surface area contributed by atoms with Gasteiger partial charge in [-0.3, -0.25) is 14.7 Å². The summed E-state index contributed by atoms with van der Waals surface area (Å²) in [5, 5.41) is 5.54. The standard InChI is InChI=1S/C33H30FN5O4S2/c34-25-19-24(37-33(44)38-30(40)18-22-4-2-1-3-5-22)7-8-27(25)43-28-10-11-35-26-20-29(45-32(26)28)23-6-9-31(36-21-23)42-17-14-39-12-15-41-16-13-39/h1-11,19-21H,12-18H2,(H2,37,38,40,44). The molecule has 1 fully saturated rings. The van der Waals surface area contributed by atoms with Gasteiger partial charge < -0.3 is 24.8 Å². The third kappa shape index (κ3) is 8.17. The van der Waals surface area contributed by atoms with Crippen LogP contribution in [0.15, 0.2) is 85.2 Å². The summed E-state index contributed by atoms with van der Waals surface area (Å²) in [6, 6.07) is 21.2. The summed E-state index contributed by atoms with van der Waals surface area (Å²) in [7, 11) is 0. The highest BCUT2D eigenvalue weighted by Gasteiger charge is 2.15. The van der Waals surface area contributed by atoms with Crippen molar-refractivity contribution in [3.63, 3.8) is 0 Å². The molecule has 6 rings (SSSR count). The number of halogens is 1. The van der Waals surface area contributed by atoms with Crippen LogP contribution in [0.4, 0.5) is 10.1 Å². The van der Waals surface area contributed by atoms with Crippen molar-refractivity contribution < 1.29 is 23.4 Å². The Hall–Kier alpha value is -4.49. The minimum absolute atomic E-state index is 0.0438. The van der Waals surface area contributed by atoms with Gasteiger partial charge in [-0.2, -0.15) is 0 Å². The van der Waals surface area contributed by atoms with Gasteiger partial charge in [-0.1, -0.05) is 30.3 Å². The number of anilines is 1. The van der Waals surface area contributed by atoms with E-state index in [0.717, 1.165) is 59.1 Å². The monoisotopic (exact) mass is 643 g/mol. The summed E-state index contributed by atoms with van der Waals surface area (Å²) in [5.74, 6) is 0.237. The molecule has 0 bridgehead atoms. The van der Waals surface area contributed by atoms with Gasteiger partial charge in [0.1, 0.15) is 12.4 Å². The van der Waals surface area contributed by atoms with Crippen LogP contribution >= 0.6 is 23.6 Å². The summed E-state index contributed by atoms with van der Waals surface area (Å²) in [6.45, 7) is 4.75. The van der Waals surface area contributed by atoms with Crippen LogP contribution in [-0.4, -0.2) is 65.3 Å². The molecule has 0 radical (unpaired) electrons. The van der Waals surface area contributed by atoms with Crippen LogP contribution in [0, 0.1) is 5.82 Å². The van der Waals surface area contributed by atoms with E-state index < -0.39 is 5.82 Å². The normalized spacial score (nSPS) is 13.4. The number of thiocarbonyl (C=S) groups is 1. The molecule has 230 valence electrons. The molecule has 2 aromatic carbocycles. The van der Waals surface area contributed by atoms with Crippen molar-refractivity contribution in [1.82, 2.24) is 20.2 Å². The number of hydrogen-bond acceptors (Lipinski definition) is 9. The predicted molar refractivity (Wildman–Crippen MR) is 177 cm³/mol. The number of fused-ring (bicyclic) bond motifs is 1. The summed E-state index contributed by atoms with van der Waals surface area (Å²) >= 11 is 6.72. The van der Waals surface area contributed by atoms with Crippen LogP contribution in [0.5, 0.6) is 17.4 Å². The zero-order valence-corrected chi connectivity index (χ0v) is 25.8. The van der Waals surface area contributed by atoms with Crippen LogP contribution in [0.1, 0.15) is 5.56 Å². The molecule has 1 amide bonds. The number of benzene rings is 2. The molecule has 4 heterocycles. The highest BCUT2D eigenvalue weighted by atomic mass is 32.1. The zero-order valence-electron chi connectivity index (χ0n) is 24.2. The average Bonchev–Trinajstić information content (AvgIpc) is 3.49. The molecule has 1 aliphatic rings. The van der Waals surface area contributed by atoms with Gasteiger partial charge in [-0.25, -0.2) is 9.37 Å². The van der Waals surface area contributed by atoms with E-state index in [0.29, 0.717) is 23.9 Å². The molecule has 1 saturated heterocycles. The Morgan fingerprint density at radius 1 is 1.02 bits per heavy atom. The van der Waals surface area contributed by atoms with E-state index in [1.54, 1.807) is 24.5 Å². The third-order valence-corrected chi connectivity index (χ3v) is 8.42. The van der Waals surface area contributed by atoms with Gasteiger partial charge in [0.05, 0.1) is 29.9 Å². The predicted octanol–water partition coefficient (Wildman–Crippen LogP) is 6.06. The molecule has 0 spiro atoms. The lowest BCUT2D eigenvalue weighted by Gasteiger charge is -2.26. The van der Waals surface area contributed by atoms with Gasteiger partial charge in [0.25, 0.3) is 0 Å². The van der Waals surface area contributed by atoms with Crippen LogP contribution in [-0.2, 0) is 16.0 Å². The number of nitrogens with one attached hydrogen (secondary N) is 2. The second-order valence-corrected chi connectivity index (χ2v) is 11.7. The van der Waals surface area contributed by atoms with E-state index >= 15 is 4.39 Å². The number of morpholine rings is 1. The molecule has 9 nitrogen and oxygen atoms in total. The van der Waals surface area contributed by atoms with E-state index in [-0.39, 0.29) is 23.2 Å². The number of aromatic nitrogens is 2. The molecule has 12 heteroatoms.